The fourth-order valence-corrected chi connectivity index (χ4v) is 2.76. The van der Waals surface area contributed by atoms with E-state index in [0.717, 1.165) is 16.3 Å². The van der Waals surface area contributed by atoms with Crippen LogP contribution in [-0.2, 0) is 11.3 Å². The van der Waals surface area contributed by atoms with Gasteiger partial charge in [0.2, 0.25) is 0 Å². The molecule has 0 aliphatic heterocycles. The van der Waals surface area contributed by atoms with E-state index < -0.39 is 11.9 Å². The SMILES string of the molecule is CCC(Oc1ccccc1F)C(=O)NCc1cccc2ccccc12. The van der Waals surface area contributed by atoms with Crippen molar-refractivity contribution in [2.75, 3.05) is 0 Å². The number of fused-ring (bicyclic) bond motifs is 1. The molecule has 0 aliphatic carbocycles. The molecule has 0 radical (unpaired) electrons. The lowest BCUT2D eigenvalue weighted by Gasteiger charge is -2.18. The van der Waals surface area contributed by atoms with Gasteiger partial charge in [-0.3, -0.25) is 4.79 Å². The zero-order valence-corrected chi connectivity index (χ0v) is 14.0. The number of carbonyl (C=O) groups excluding carboxylic acids is 1. The molecule has 3 aromatic carbocycles. The Bertz CT molecular complexity index is 873. The van der Waals surface area contributed by atoms with Gasteiger partial charge in [-0.2, -0.15) is 0 Å². The first-order valence-electron chi connectivity index (χ1n) is 8.34. The Hall–Kier alpha value is -2.88. The number of nitrogens with one attached hydrogen (secondary N) is 1. The number of ether oxygens (including phenoxy) is 1. The highest BCUT2D eigenvalue weighted by molar-refractivity contribution is 5.86. The summed E-state index contributed by atoms with van der Waals surface area (Å²) in [6.45, 7) is 2.24. The molecule has 3 nitrogen and oxygen atoms in total. The minimum atomic E-state index is -0.730. The second-order valence-corrected chi connectivity index (χ2v) is 5.80. The summed E-state index contributed by atoms with van der Waals surface area (Å²) in [5, 5.41) is 5.13. The number of hydrogen-bond donors (Lipinski definition) is 1. The standard InChI is InChI=1S/C21H20FNO2/c1-2-19(25-20-13-6-5-12-18(20)22)21(24)23-14-16-10-7-9-15-8-3-4-11-17(15)16/h3-13,19H,2,14H2,1H3,(H,23,24). The minimum absolute atomic E-state index is 0.0923. The topological polar surface area (TPSA) is 38.3 Å². The molecule has 128 valence electrons. The highest BCUT2D eigenvalue weighted by Gasteiger charge is 2.19. The number of carbonyl (C=O) groups is 1. The molecule has 1 atom stereocenters. The Morgan fingerprint density at radius 2 is 1.76 bits per heavy atom. The van der Waals surface area contributed by atoms with E-state index in [9.17, 15) is 9.18 Å². The zero-order valence-electron chi connectivity index (χ0n) is 14.0. The molecule has 0 saturated carbocycles. The number of para-hydroxylation sites is 1. The van der Waals surface area contributed by atoms with Gasteiger partial charge in [0.15, 0.2) is 17.7 Å². The van der Waals surface area contributed by atoms with E-state index in [4.69, 9.17) is 4.74 Å². The van der Waals surface area contributed by atoms with Crippen LogP contribution in [0.15, 0.2) is 66.7 Å². The number of hydrogen-bond acceptors (Lipinski definition) is 2. The van der Waals surface area contributed by atoms with E-state index in [1.807, 2.05) is 49.4 Å². The highest BCUT2D eigenvalue weighted by Crippen LogP contribution is 2.20. The largest absolute Gasteiger partial charge is 0.478 e. The third-order valence-corrected chi connectivity index (χ3v) is 4.10. The summed E-state index contributed by atoms with van der Waals surface area (Å²) in [6, 6.07) is 20.1. The normalized spacial score (nSPS) is 11.9. The van der Waals surface area contributed by atoms with E-state index in [1.165, 1.54) is 12.1 Å². The lowest BCUT2D eigenvalue weighted by molar-refractivity contribution is -0.128. The Morgan fingerprint density at radius 3 is 2.56 bits per heavy atom. The van der Waals surface area contributed by atoms with Gasteiger partial charge in [0, 0.05) is 6.54 Å². The van der Waals surface area contributed by atoms with Crippen LogP contribution in [-0.4, -0.2) is 12.0 Å². The first-order valence-corrected chi connectivity index (χ1v) is 8.34. The molecule has 0 heterocycles. The molecule has 0 saturated heterocycles. The fourth-order valence-electron chi connectivity index (χ4n) is 2.76. The van der Waals surface area contributed by atoms with Gasteiger partial charge in [-0.1, -0.05) is 61.5 Å². The Labute approximate surface area is 146 Å². The number of rotatable bonds is 6. The van der Waals surface area contributed by atoms with Crippen molar-refractivity contribution >= 4 is 16.7 Å². The van der Waals surface area contributed by atoms with Gasteiger partial charge >= 0.3 is 0 Å². The number of halogens is 1. The van der Waals surface area contributed by atoms with Crippen molar-refractivity contribution in [3.05, 3.63) is 78.1 Å². The molecule has 4 heteroatoms. The van der Waals surface area contributed by atoms with Crippen molar-refractivity contribution in [3.63, 3.8) is 0 Å². The number of amides is 1. The van der Waals surface area contributed by atoms with Crippen LogP contribution in [0, 0.1) is 5.82 Å². The van der Waals surface area contributed by atoms with E-state index in [2.05, 4.69) is 5.32 Å². The predicted octanol–water partition coefficient (Wildman–Crippen LogP) is 4.45. The van der Waals surface area contributed by atoms with E-state index in [0.29, 0.717) is 13.0 Å². The Balaban J connectivity index is 1.69. The first kappa shape index (κ1) is 17.0. The average molecular weight is 337 g/mol. The molecule has 3 rings (SSSR count). The summed E-state index contributed by atoms with van der Waals surface area (Å²) in [4.78, 5) is 12.4. The van der Waals surface area contributed by atoms with Crippen LogP contribution in [0.5, 0.6) is 5.75 Å². The van der Waals surface area contributed by atoms with Gasteiger partial charge in [-0.05, 0) is 34.9 Å². The maximum Gasteiger partial charge on any atom is 0.261 e. The quantitative estimate of drug-likeness (QED) is 0.721. The monoisotopic (exact) mass is 337 g/mol. The average Bonchev–Trinajstić information content (AvgIpc) is 2.65. The summed E-state index contributed by atoms with van der Waals surface area (Å²) in [5.74, 6) is -0.629. The van der Waals surface area contributed by atoms with Crippen LogP contribution in [0.2, 0.25) is 0 Å². The van der Waals surface area contributed by atoms with Crippen LogP contribution in [0.1, 0.15) is 18.9 Å². The van der Waals surface area contributed by atoms with Gasteiger partial charge < -0.3 is 10.1 Å². The van der Waals surface area contributed by atoms with Crippen molar-refractivity contribution in [1.82, 2.24) is 5.32 Å². The molecule has 1 unspecified atom stereocenters. The minimum Gasteiger partial charge on any atom is -0.478 e. The van der Waals surface area contributed by atoms with Crippen molar-refractivity contribution in [2.45, 2.75) is 26.0 Å². The van der Waals surface area contributed by atoms with E-state index >= 15 is 0 Å². The van der Waals surface area contributed by atoms with Gasteiger partial charge in [0.05, 0.1) is 0 Å². The second kappa shape index (κ2) is 7.79. The summed E-state index contributed by atoms with van der Waals surface area (Å²) in [6.07, 6.45) is -0.276. The maximum atomic E-state index is 13.7. The van der Waals surface area contributed by atoms with E-state index in [1.54, 1.807) is 12.1 Å². The van der Waals surface area contributed by atoms with Gasteiger partial charge in [0.25, 0.3) is 5.91 Å². The lowest BCUT2D eigenvalue weighted by Crippen LogP contribution is -2.37. The predicted molar refractivity (Wildman–Crippen MR) is 96.9 cm³/mol. The highest BCUT2D eigenvalue weighted by atomic mass is 19.1. The Kier molecular flexibility index (Phi) is 5.29. The van der Waals surface area contributed by atoms with Crippen LogP contribution in [0.3, 0.4) is 0 Å². The van der Waals surface area contributed by atoms with Gasteiger partial charge in [-0.15, -0.1) is 0 Å². The summed E-state index contributed by atoms with van der Waals surface area (Å²) < 4.78 is 19.3. The third-order valence-electron chi connectivity index (χ3n) is 4.10. The van der Waals surface area contributed by atoms with Gasteiger partial charge in [-0.25, -0.2) is 4.39 Å². The van der Waals surface area contributed by atoms with Crippen LogP contribution < -0.4 is 10.1 Å². The van der Waals surface area contributed by atoms with Crippen LogP contribution in [0.4, 0.5) is 4.39 Å². The molecule has 0 aliphatic rings. The molecule has 3 aromatic rings. The van der Waals surface area contributed by atoms with E-state index in [-0.39, 0.29) is 11.7 Å². The van der Waals surface area contributed by atoms with Crippen LogP contribution >= 0.6 is 0 Å². The zero-order chi connectivity index (χ0) is 17.6. The second-order valence-electron chi connectivity index (χ2n) is 5.80. The molecule has 25 heavy (non-hydrogen) atoms. The molecule has 0 fully saturated rings. The maximum absolute atomic E-state index is 13.7. The summed E-state index contributed by atoms with van der Waals surface area (Å²) in [5.41, 5.74) is 1.03. The fraction of sp³-hybridized carbons (Fsp3) is 0.190. The lowest BCUT2D eigenvalue weighted by atomic mass is 10.0. The summed E-state index contributed by atoms with van der Waals surface area (Å²) >= 11 is 0. The number of benzene rings is 3. The summed E-state index contributed by atoms with van der Waals surface area (Å²) in [7, 11) is 0. The molecule has 1 amide bonds. The van der Waals surface area contributed by atoms with Crippen molar-refractivity contribution in [3.8, 4) is 5.75 Å². The first-order chi connectivity index (χ1) is 12.2. The molecule has 0 bridgehead atoms. The molecular weight excluding hydrogens is 317 g/mol. The van der Waals surface area contributed by atoms with Crippen LogP contribution in [0.25, 0.3) is 10.8 Å². The van der Waals surface area contributed by atoms with Crippen molar-refractivity contribution < 1.29 is 13.9 Å². The molecule has 1 N–H and O–H groups in total. The van der Waals surface area contributed by atoms with Gasteiger partial charge in [0.1, 0.15) is 0 Å². The smallest absolute Gasteiger partial charge is 0.261 e. The molecular formula is C21H20FNO2. The molecule has 0 spiro atoms. The van der Waals surface area contributed by atoms with Crippen molar-refractivity contribution in [1.29, 1.82) is 0 Å². The molecule has 0 aromatic heterocycles. The third kappa shape index (κ3) is 3.97. The van der Waals surface area contributed by atoms with Crippen molar-refractivity contribution in [2.24, 2.45) is 0 Å². The Morgan fingerprint density at radius 1 is 1.04 bits per heavy atom.